The zero-order valence-corrected chi connectivity index (χ0v) is 12.0. The molecule has 2 N–H and O–H groups in total. The Morgan fingerprint density at radius 1 is 1.21 bits per heavy atom. The highest BCUT2D eigenvalue weighted by Gasteiger charge is 2.25. The number of nitrogens with zero attached hydrogens (tertiary/aromatic N) is 2. The van der Waals surface area contributed by atoms with Crippen LogP contribution in [0.5, 0.6) is 0 Å². The van der Waals surface area contributed by atoms with Crippen molar-refractivity contribution < 1.29 is 19.5 Å². The van der Waals surface area contributed by atoms with Crippen LogP contribution in [0.3, 0.4) is 0 Å². The second kappa shape index (κ2) is 8.34. The molecule has 0 aromatic rings. The van der Waals surface area contributed by atoms with Crippen LogP contribution in [-0.4, -0.2) is 65.5 Å². The zero-order valence-electron chi connectivity index (χ0n) is 12.0. The molecule has 0 spiro atoms. The van der Waals surface area contributed by atoms with Crippen molar-refractivity contribution in [2.24, 2.45) is 0 Å². The number of likely N-dealkylation sites (N-methyl/N-ethyl adjacent to an activating group) is 2. The van der Waals surface area contributed by atoms with Crippen molar-refractivity contribution in [1.82, 2.24) is 15.1 Å². The first-order valence-electron chi connectivity index (χ1n) is 6.33. The number of carboxylic acids is 1. The lowest BCUT2D eigenvalue weighted by Crippen LogP contribution is -2.50. The van der Waals surface area contributed by atoms with Gasteiger partial charge in [-0.25, -0.2) is 4.79 Å². The Balaban J connectivity index is 4.69. The summed E-state index contributed by atoms with van der Waals surface area (Å²) in [5.74, 6) is -1.34. The topological polar surface area (TPSA) is 90.0 Å². The van der Waals surface area contributed by atoms with Gasteiger partial charge in [0.15, 0.2) is 0 Å². The second-order valence-electron chi connectivity index (χ2n) is 4.37. The van der Waals surface area contributed by atoms with Gasteiger partial charge in [0.05, 0.1) is 0 Å². The van der Waals surface area contributed by atoms with Crippen LogP contribution in [0, 0.1) is 0 Å². The Bertz CT molecular complexity index is 333. The smallest absolute Gasteiger partial charge is 0.323 e. The Labute approximate surface area is 113 Å². The number of nitrogens with one attached hydrogen (secondary N) is 1. The van der Waals surface area contributed by atoms with Crippen LogP contribution >= 0.6 is 0 Å². The number of hydrogen-bond donors (Lipinski definition) is 2. The average molecular weight is 273 g/mol. The highest BCUT2D eigenvalue weighted by molar-refractivity contribution is 5.85. The summed E-state index contributed by atoms with van der Waals surface area (Å²) in [6, 6.07) is -0.650. The van der Waals surface area contributed by atoms with Gasteiger partial charge >= 0.3 is 12.0 Å². The number of carbonyl (C=O) groups is 3. The molecular formula is C12H23N3O4. The molecule has 0 saturated carbocycles. The fourth-order valence-electron chi connectivity index (χ4n) is 1.53. The van der Waals surface area contributed by atoms with E-state index in [1.165, 1.54) is 16.8 Å². The molecule has 110 valence electrons. The van der Waals surface area contributed by atoms with E-state index in [2.05, 4.69) is 5.32 Å². The monoisotopic (exact) mass is 273 g/mol. The van der Waals surface area contributed by atoms with Gasteiger partial charge < -0.3 is 20.2 Å². The molecule has 0 aliphatic carbocycles. The Morgan fingerprint density at radius 2 is 1.79 bits per heavy atom. The van der Waals surface area contributed by atoms with Gasteiger partial charge in [-0.2, -0.15) is 0 Å². The van der Waals surface area contributed by atoms with E-state index in [0.29, 0.717) is 13.0 Å². The minimum Gasteiger partial charge on any atom is -0.480 e. The second-order valence-corrected chi connectivity index (χ2v) is 4.37. The number of hydrogen-bond acceptors (Lipinski definition) is 3. The van der Waals surface area contributed by atoms with Crippen molar-refractivity contribution in [3.8, 4) is 0 Å². The van der Waals surface area contributed by atoms with Crippen molar-refractivity contribution in [2.45, 2.75) is 33.2 Å². The maximum absolute atomic E-state index is 12.1. The molecule has 0 heterocycles. The SMILES string of the molecule is CCNC(=O)CN(C)C(=O)N(CC(=O)O)C(C)CC. The summed E-state index contributed by atoms with van der Waals surface area (Å²) in [6.45, 7) is 5.48. The van der Waals surface area contributed by atoms with Gasteiger partial charge in [-0.1, -0.05) is 6.92 Å². The molecule has 1 unspecified atom stereocenters. The molecule has 0 aliphatic heterocycles. The Hall–Kier alpha value is -1.79. The number of carbonyl (C=O) groups excluding carboxylic acids is 2. The van der Waals surface area contributed by atoms with Gasteiger partial charge in [0.1, 0.15) is 13.1 Å². The molecule has 19 heavy (non-hydrogen) atoms. The van der Waals surface area contributed by atoms with E-state index < -0.39 is 12.0 Å². The predicted octanol–water partition coefficient (Wildman–Crippen LogP) is 0.359. The lowest BCUT2D eigenvalue weighted by atomic mass is 10.2. The lowest BCUT2D eigenvalue weighted by molar-refractivity contribution is -0.138. The van der Waals surface area contributed by atoms with Crippen LogP contribution in [0.2, 0.25) is 0 Å². The lowest BCUT2D eigenvalue weighted by Gasteiger charge is -2.31. The van der Waals surface area contributed by atoms with Crippen LogP contribution < -0.4 is 5.32 Å². The van der Waals surface area contributed by atoms with Crippen molar-refractivity contribution in [3.63, 3.8) is 0 Å². The van der Waals surface area contributed by atoms with Crippen LogP contribution in [-0.2, 0) is 9.59 Å². The number of amides is 3. The van der Waals surface area contributed by atoms with E-state index in [1.54, 1.807) is 13.8 Å². The molecule has 0 aromatic heterocycles. The summed E-state index contributed by atoms with van der Waals surface area (Å²) in [5.41, 5.74) is 0. The van der Waals surface area contributed by atoms with E-state index >= 15 is 0 Å². The summed E-state index contributed by atoms with van der Waals surface area (Å²) in [7, 11) is 1.48. The van der Waals surface area contributed by atoms with E-state index in [0.717, 1.165) is 0 Å². The first kappa shape index (κ1) is 17.2. The van der Waals surface area contributed by atoms with Gasteiger partial charge in [-0.05, 0) is 20.3 Å². The third kappa shape index (κ3) is 6.08. The minimum absolute atomic E-state index is 0.0841. The standard InChI is InChI=1S/C12H23N3O4/c1-5-9(3)15(8-11(17)18)12(19)14(4)7-10(16)13-6-2/h9H,5-8H2,1-4H3,(H,13,16)(H,17,18). The Kier molecular flexibility index (Phi) is 7.55. The number of rotatable bonds is 7. The average Bonchev–Trinajstić information content (AvgIpc) is 2.34. The number of carboxylic acid groups (broad SMARTS) is 1. The molecular weight excluding hydrogens is 250 g/mol. The summed E-state index contributed by atoms with van der Waals surface area (Å²) in [6.07, 6.45) is 0.647. The zero-order chi connectivity index (χ0) is 15.0. The van der Waals surface area contributed by atoms with Gasteiger partial charge in [0.2, 0.25) is 5.91 Å². The molecule has 0 aliphatic rings. The summed E-state index contributed by atoms with van der Waals surface area (Å²) < 4.78 is 0. The van der Waals surface area contributed by atoms with E-state index in [9.17, 15) is 14.4 Å². The van der Waals surface area contributed by atoms with Crippen molar-refractivity contribution in [3.05, 3.63) is 0 Å². The maximum atomic E-state index is 12.1. The van der Waals surface area contributed by atoms with E-state index in [4.69, 9.17) is 5.11 Å². The van der Waals surface area contributed by atoms with Gasteiger partial charge in [-0.3, -0.25) is 9.59 Å². The van der Waals surface area contributed by atoms with E-state index in [1.807, 2.05) is 6.92 Å². The third-order valence-corrected chi connectivity index (χ3v) is 2.76. The quantitative estimate of drug-likeness (QED) is 0.700. The minimum atomic E-state index is -1.07. The first-order chi connectivity index (χ1) is 8.83. The van der Waals surface area contributed by atoms with Gasteiger partial charge in [0, 0.05) is 19.6 Å². The molecule has 0 radical (unpaired) electrons. The summed E-state index contributed by atoms with van der Waals surface area (Å²) >= 11 is 0. The molecule has 3 amide bonds. The molecule has 0 aromatic carbocycles. The summed E-state index contributed by atoms with van der Waals surface area (Å²) in [4.78, 5) is 36.8. The number of aliphatic carboxylic acids is 1. The molecule has 0 fully saturated rings. The molecule has 0 bridgehead atoms. The van der Waals surface area contributed by atoms with Crippen molar-refractivity contribution in [2.75, 3.05) is 26.7 Å². The maximum Gasteiger partial charge on any atom is 0.323 e. The molecule has 7 heteroatoms. The fraction of sp³-hybridized carbons (Fsp3) is 0.750. The van der Waals surface area contributed by atoms with Gasteiger partial charge in [-0.15, -0.1) is 0 Å². The van der Waals surface area contributed by atoms with Gasteiger partial charge in [0.25, 0.3) is 0 Å². The van der Waals surface area contributed by atoms with Crippen LogP contribution in [0.15, 0.2) is 0 Å². The van der Waals surface area contributed by atoms with Crippen LogP contribution in [0.1, 0.15) is 27.2 Å². The molecule has 0 saturated heterocycles. The molecule has 1 atom stereocenters. The van der Waals surface area contributed by atoms with Crippen molar-refractivity contribution in [1.29, 1.82) is 0 Å². The van der Waals surface area contributed by atoms with Crippen LogP contribution in [0.25, 0.3) is 0 Å². The van der Waals surface area contributed by atoms with Crippen LogP contribution in [0.4, 0.5) is 4.79 Å². The largest absolute Gasteiger partial charge is 0.480 e. The number of urea groups is 1. The first-order valence-corrected chi connectivity index (χ1v) is 6.33. The highest BCUT2D eigenvalue weighted by atomic mass is 16.4. The molecule has 7 nitrogen and oxygen atoms in total. The third-order valence-electron chi connectivity index (χ3n) is 2.76. The highest BCUT2D eigenvalue weighted by Crippen LogP contribution is 2.07. The summed E-state index contributed by atoms with van der Waals surface area (Å²) in [5, 5.41) is 11.4. The Morgan fingerprint density at radius 3 is 2.21 bits per heavy atom. The predicted molar refractivity (Wildman–Crippen MR) is 70.8 cm³/mol. The van der Waals surface area contributed by atoms with Crippen molar-refractivity contribution >= 4 is 17.9 Å². The molecule has 0 rings (SSSR count). The van der Waals surface area contributed by atoms with E-state index in [-0.39, 0.29) is 25.0 Å². The normalized spacial score (nSPS) is 11.6. The fourth-order valence-corrected chi connectivity index (χ4v) is 1.53.